The van der Waals surface area contributed by atoms with Crippen molar-refractivity contribution >= 4 is 17.5 Å². The van der Waals surface area contributed by atoms with Crippen molar-refractivity contribution in [3.05, 3.63) is 29.6 Å². The van der Waals surface area contributed by atoms with Crippen LogP contribution in [0.15, 0.2) is 18.2 Å². The van der Waals surface area contributed by atoms with Crippen LogP contribution in [0.3, 0.4) is 0 Å². The van der Waals surface area contributed by atoms with E-state index in [0.717, 1.165) is 0 Å². The van der Waals surface area contributed by atoms with Gasteiger partial charge in [-0.1, -0.05) is 11.8 Å². The summed E-state index contributed by atoms with van der Waals surface area (Å²) in [6.07, 6.45) is 0.249. The number of hydrogen-bond donors (Lipinski definition) is 3. The number of rotatable bonds is 4. The highest BCUT2D eigenvalue weighted by atomic mass is 19.1. The Kier molecular flexibility index (Phi) is 6.20. The predicted molar refractivity (Wildman–Crippen MR) is 72.3 cm³/mol. The van der Waals surface area contributed by atoms with Gasteiger partial charge in [0.05, 0.1) is 18.7 Å². The fourth-order valence-corrected chi connectivity index (χ4v) is 1.32. The smallest absolute Gasteiger partial charge is 0.243 e. The second kappa shape index (κ2) is 7.92. The SMILES string of the molecule is CC(=O)NCC(=O)Nc1ccc(F)c(C#CCCO)c1. The molecule has 1 aromatic carbocycles. The van der Waals surface area contributed by atoms with Crippen LogP contribution in [0.1, 0.15) is 18.9 Å². The van der Waals surface area contributed by atoms with Gasteiger partial charge in [-0.15, -0.1) is 0 Å². The highest BCUT2D eigenvalue weighted by molar-refractivity contribution is 5.94. The summed E-state index contributed by atoms with van der Waals surface area (Å²) < 4.78 is 13.5. The number of anilines is 1. The molecule has 1 rings (SSSR count). The summed E-state index contributed by atoms with van der Waals surface area (Å²) in [5.74, 6) is 3.94. The first-order valence-electron chi connectivity index (χ1n) is 5.96. The highest BCUT2D eigenvalue weighted by Crippen LogP contribution is 2.13. The normalized spacial score (nSPS) is 9.35. The van der Waals surface area contributed by atoms with Gasteiger partial charge in [0.25, 0.3) is 0 Å². The lowest BCUT2D eigenvalue weighted by atomic mass is 10.2. The van der Waals surface area contributed by atoms with Crippen molar-refractivity contribution in [2.45, 2.75) is 13.3 Å². The van der Waals surface area contributed by atoms with Gasteiger partial charge in [0.2, 0.25) is 11.8 Å². The maximum Gasteiger partial charge on any atom is 0.243 e. The van der Waals surface area contributed by atoms with E-state index in [1.165, 1.54) is 25.1 Å². The summed E-state index contributed by atoms with van der Waals surface area (Å²) in [4.78, 5) is 22.2. The Labute approximate surface area is 116 Å². The number of aliphatic hydroxyl groups excluding tert-OH is 1. The molecule has 20 heavy (non-hydrogen) atoms. The molecule has 5 nitrogen and oxygen atoms in total. The molecule has 2 amide bonds. The van der Waals surface area contributed by atoms with E-state index in [-0.39, 0.29) is 31.0 Å². The molecule has 0 saturated carbocycles. The van der Waals surface area contributed by atoms with Crippen molar-refractivity contribution in [2.75, 3.05) is 18.5 Å². The summed E-state index contributed by atoms with van der Waals surface area (Å²) >= 11 is 0. The first kappa shape index (κ1) is 15.7. The predicted octanol–water partition coefficient (Wildman–Crippen LogP) is 0.634. The Hall–Kier alpha value is -2.39. The number of carbonyl (C=O) groups excluding carboxylic acids is 2. The molecule has 0 radical (unpaired) electrons. The number of benzene rings is 1. The molecular weight excluding hydrogens is 263 g/mol. The summed E-state index contributed by atoms with van der Waals surface area (Å²) in [7, 11) is 0. The van der Waals surface area contributed by atoms with Crippen molar-refractivity contribution in [3.63, 3.8) is 0 Å². The van der Waals surface area contributed by atoms with Gasteiger partial charge in [-0.25, -0.2) is 4.39 Å². The van der Waals surface area contributed by atoms with Gasteiger partial charge >= 0.3 is 0 Å². The van der Waals surface area contributed by atoms with E-state index in [0.29, 0.717) is 5.69 Å². The third kappa shape index (κ3) is 5.50. The Morgan fingerprint density at radius 1 is 1.40 bits per heavy atom. The number of amides is 2. The molecule has 0 aliphatic rings. The minimum absolute atomic E-state index is 0.0955. The zero-order chi connectivity index (χ0) is 15.0. The summed E-state index contributed by atoms with van der Waals surface area (Å²) in [5, 5.41) is 13.5. The monoisotopic (exact) mass is 278 g/mol. The van der Waals surface area contributed by atoms with Gasteiger partial charge in [0, 0.05) is 19.0 Å². The van der Waals surface area contributed by atoms with Gasteiger partial charge in [-0.05, 0) is 18.2 Å². The minimum atomic E-state index is -0.504. The van der Waals surface area contributed by atoms with Crippen molar-refractivity contribution in [1.82, 2.24) is 5.32 Å². The summed E-state index contributed by atoms with van der Waals surface area (Å²) in [5.41, 5.74) is 0.519. The van der Waals surface area contributed by atoms with Crippen LogP contribution in [0.4, 0.5) is 10.1 Å². The van der Waals surface area contributed by atoms with Crippen LogP contribution in [-0.4, -0.2) is 30.1 Å². The molecule has 0 aliphatic carbocycles. The first-order chi connectivity index (χ1) is 9.52. The van der Waals surface area contributed by atoms with Crippen LogP contribution in [0.5, 0.6) is 0 Å². The average molecular weight is 278 g/mol. The quantitative estimate of drug-likeness (QED) is 0.707. The minimum Gasteiger partial charge on any atom is -0.395 e. The third-order valence-corrected chi connectivity index (χ3v) is 2.21. The van der Waals surface area contributed by atoms with Crippen LogP contribution in [0.2, 0.25) is 0 Å². The number of carbonyl (C=O) groups is 2. The van der Waals surface area contributed by atoms with E-state index in [2.05, 4.69) is 22.5 Å². The Bertz CT molecular complexity index is 561. The van der Waals surface area contributed by atoms with Gasteiger partial charge in [0.1, 0.15) is 5.82 Å². The number of nitrogens with one attached hydrogen (secondary N) is 2. The average Bonchev–Trinajstić information content (AvgIpc) is 2.40. The Morgan fingerprint density at radius 2 is 2.15 bits per heavy atom. The van der Waals surface area contributed by atoms with Crippen LogP contribution in [-0.2, 0) is 9.59 Å². The number of halogens is 1. The lowest BCUT2D eigenvalue weighted by Gasteiger charge is -2.06. The molecule has 0 saturated heterocycles. The highest BCUT2D eigenvalue weighted by Gasteiger charge is 2.05. The second-order valence-corrected chi connectivity index (χ2v) is 3.93. The molecule has 3 N–H and O–H groups in total. The zero-order valence-electron chi connectivity index (χ0n) is 11.0. The molecule has 0 aliphatic heterocycles. The van der Waals surface area contributed by atoms with Crippen LogP contribution < -0.4 is 10.6 Å². The van der Waals surface area contributed by atoms with E-state index >= 15 is 0 Å². The molecular formula is C14H15FN2O3. The zero-order valence-corrected chi connectivity index (χ0v) is 11.0. The van der Waals surface area contributed by atoms with Gasteiger partial charge in [0.15, 0.2) is 0 Å². The van der Waals surface area contributed by atoms with E-state index in [1.54, 1.807) is 0 Å². The van der Waals surface area contributed by atoms with Crippen LogP contribution in [0, 0.1) is 17.7 Å². The molecule has 0 bridgehead atoms. The first-order valence-corrected chi connectivity index (χ1v) is 5.96. The van der Waals surface area contributed by atoms with E-state index in [9.17, 15) is 14.0 Å². The van der Waals surface area contributed by atoms with Gasteiger partial charge in [-0.3, -0.25) is 9.59 Å². The largest absolute Gasteiger partial charge is 0.395 e. The molecule has 1 aromatic rings. The van der Waals surface area contributed by atoms with Crippen molar-refractivity contribution < 1.29 is 19.1 Å². The standard InChI is InChI=1S/C14H15FN2O3/c1-10(19)16-9-14(20)17-12-5-6-13(15)11(8-12)4-2-3-7-18/h5-6,8,18H,3,7,9H2,1H3,(H,16,19)(H,17,20). The molecule has 6 heteroatoms. The van der Waals surface area contributed by atoms with Gasteiger partial charge in [-0.2, -0.15) is 0 Å². The summed E-state index contributed by atoms with van der Waals surface area (Å²) in [6.45, 7) is 1.06. The third-order valence-electron chi connectivity index (χ3n) is 2.21. The van der Waals surface area contributed by atoms with Gasteiger partial charge < -0.3 is 15.7 Å². The molecule has 0 heterocycles. The fraction of sp³-hybridized carbons (Fsp3) is 0.286. The molecule has 0 atom stereocenters. The Balaban J connectivity index is 2.72. The number of aliphatic hydroxyl groups is 1. The Morgan fingerprint density at radius 3 is 2.80 bits per heavy atom. The molecule has 0 unspecified atom stereocenters. The van der Waals surface area contributed by atoms with Crippen LogP contribution in [0.25, 0.3) is 0 Å². The lowest BCUT2D eigenvalue weighted by molar-refractivity contribution is -0.122. The molecule has 0 fully saturated rings. The second-order valence-electron chi connectivity index (χ2n) is 3.93. The van der Waals surface area contributed by atoms with Crippen LogP contribution >= 0.6 is 0 Å². The van der Waals surface area contributed by atoms with Crippen molar-refractivity contribution in [3.8, 4) is 11.8 Å². The maximum atomic E-state index is 13.5. The molecule has 106 valence electrons. The molecule has 0 aromatic heterocycles. The number of hydrogen-bond acceptors (Lipinski definition) is 3. The molecule has 0 spiro atoms. The fourth-order valence-electron chi connectivity index (χ4n) is 1.32. The topological polar surface area (TPSA) is 78.4 Å². The van der Waals surface area contributed by atoms with E-state index < -0.39 is 11.7 Å². The maximum absolute atomic E-state index is 13.5. The summed E-state index contributed by atoms with van der Waals surface area (Å²) in [6, 6.07) is 3.99. The van der Waals surface area contributed by atoms with Crippen molar-refractivity contribution in [2.24, 2.45) is 0 Å². The lowest BCUT2D eigenvalue weighted by Crippen LogP contribution is -2.31. The van der Waals surface area contributed by atoms with E-state index in [1.807, 2.05) is 0 Å². The van der Waals surface area contributed by atoms with E-state index in [4.69, 9.17) is 5.11 Å². The van der Waals surface area contributed by atoms with Crippen molar-refractivity contribution in [1.29, 1.82) is 0 Å².